The summed E-state index contributed by atoms with van der Waals surface area (Å²) in [6, 6.07) is 0. The number of rotatable bonds is 8. The topological polar surface area (TPSA) is 12.9 Å². The summed E-state index contributed by atoms with van der Waals surface area (Å²) in [5, 5.41) is 2.23. The zero-order chi connectivity index (χ0) is 10.9. The van der Waals surface area contributed by atoms with Crippen LogP contribution in [-0.2, 0) is 0 Å². The summed E-state index contributed by atoms with van der Waals surface area (Å²) >= 11 is 1.73. The molecule has 0 bridgehead atoms. The Bertz CT molecular complexity index is 231. The Balaban J connectivity index is 2.39. The van der Waals surface area contributed by atoms with E-state index >= 15 is 0 Å². The average Bonchev–Trinajstić information content (AvgIpc) is 2.76. The molecule has 1 atom stereocenters. The van der Waals surface area contributed by atoms with E-state index < -0.39 is 0 Å². The van der Waals surface area contributed by atoms with E-state index in [0.717, 1.165) is 5.92 Å². The van der Waals surface area contributed by atoms with E-state index in [0.29, 0.717) is 0 Å². The minimum absolute atomic E-state index is 0.725. The van der Waals surface area contributed by atoms with Crippen molar-refractivity contribution < 1.29 is 0 Å². The van der Waals surface area contributed by atoms with Crippen LogP contribution in [0.2, 0.25) is 0 Å². The fourth-order valence-corrected chi connectivity index (χ4v) is 2.59. The monoisotopic (exact) mass is 225 g/mol. The van der Waals surface area contributed by atoms with E-state index in [2.05, 4.69) is 24.2 Å². The van der Waals surface area contributed by atoms with Crippen LogP contribution in [0.1, 0.15) is 70.4 Å². The Kier molecular flexibility index (Phi) is 6.66. The number of unbranched alkanes of at least 4 members (excludes halogenated alkanes) is 3. The maximum atomic E-state index is 4.47. The Hall–Kier alpha value is -0.370. The fourth-order valence-electron chi connectivity index (χ4n) is 1.95. The lowest BCUT2D eigenvalue weighted by Crippen LogP contribution is -1.99. The standard InChI is InChI=1S/C13H23NS/c1-3-5-7-9-12(8-6-4-2)13-10-15-11-14-13/h10-12H,3-9H2,1-2H3. The molecule has 0 saturated carbocycles. The molecule has 2 heteroatoms. The second kappa shape index (κ2) is 7.86. The maximum absolute atomic E-state index is 4.47. The Morgan fingerprint density at radius 3 is 2.47 bits per heavy atom. The molecule has 0 saturated heterocycles. The largest absolute Gasteiger partial charge is 0.249 e. The Labute approximate surface area is 97.9 Å². The molecule has 0 fully saturated rings. The van der Waals surface area contributed by atoms with Crippen molar-refractivity contribution in [2.75, 3.05) is 0 Å². The number of aromatic nitrogens is 1. The third-order valence-electron chi connectivity index (χ3n) is 2.93. The van der Waals surface area contributed by atoms with Crippen molar-refractivity contribution >= 4 is 11.3 Å². The second-order valence-corrected chi connectivity index (χ2v) is 4.97. The van der Waals surface area contributed by atoms with Crippen LogP contribution in [0.3, 0.4) is 0 Å². The molecule has 1 nitrogen and oxygen atoms in total. The van der Waals surface area contributed by atoms with Gasteiger partial charge >= 0.3 is 0 Å². The van der Waals surface area contributed by atoms with Gasteiger partial charge in [-0.05, 0) is 12.8 Å². The summed E-state index contributed by atoms with van der Waals surface area (Å²) in [6.45, 7) is 4.54. The lowest BCUT2D eigenvalue weighted by atomic mass is 9.93. The summed E-state index contributed by atoms with van der Waals surface area (Å²) in [7, 11) is 0. The van der Waals surface area contributed by atoms with Crippen LogP contribution < -0.4 is 0 Å². The zero-order valence-corrected chi connectivity index (χ0v) is 10.9. The highest BCUT2D eigenvalue weighted by Crippen LogP contribution is 2.27. The predicted octanol–water partition coefficient (Wildman–Crippen LogP) is 5.00. The van der Waals surface area contributed by atoms with Gasteiger partial charge in [0.25, 0.3) is 0 Å². The third kappa shape index (κ3) is 4.78. The van der Waals surface area contributed by atoms with Gasteiger partial charge in [-0.3, -0.25) is 0 Å². The average molecular weight is 225 g/mol. The van der Waals surface area contributed by atoms with E-state index in [1.54, 1.807) is 11.3 Å². The first-order chi connectivity index (χ1) is 7.38. The summed E-state index contributed by atoms with van der Waals surface area (Å²) in [6.07, 6.45) is 9.34. The molecule has 15 heavy (non-hydrogen) atoms. The number of hydrogen-bond donors (Lipinski definition) is 0. The van der Waals surface area contributed by atoms with Gasteiger partial charge < -0.3 is 0 Å². The van der Waals surface area contributed by atoms with Crippen LogP contribution >= 0.6 is 11.3 Å². The Morgan fingerprint density at radius 2 is 1.87 bits per heavy atom. The van der Waals surface area contributed by atoms with Crippen molar-refractivity contribution in [2.24, 2.45) is 0 Å². The summed E-state index contributed by atoms with van der Waals surface area (Å²) < 4.78 is 0. The fraction of sp³-hybridized carbons (Fsp3) is 0.769. The normalized spacial score (nSPS) is 12.9. The molecule has 0 aliphatic rings. The van der Waals surface area contributed by atoms with Gasteiger partial charge in [0.05, 0.1) is 11.2 Å². The number of nitrogens with zero attached hydrogens (tertiary/aromatic N) is 1. The van der Waals surface area contributed by atoms with Gasteiger partial charge in [-0.25, -0.2) is 4.98 Å². The van der Waals surface area contributed by atoms with E-state index in [-0.39, 0.29) is 0 Å². The highest BCUT2D eigenvalue weighted by Gasteiger charge is 2.12. The molecule has 0 aliphatic heterocycles. The van der Waals surface area contributed by atoms with Crippen molar-refractivity contribution in [3.63, 3.8) is 0 Å². The van der Waals surface area contributed by atoms with Crippen LogP contribution in [0, 0.1) is 0 Å². The van der Waals surface area contributed by atoms with Crippen molar-refractivity contribution in [1.82, 2.24) is 4.98 Å². The quantitative estimate of drug-likeness (QED) is 0.567. The van der Waals surface area contributed by atoms with E-state index in [1.807, 2.05) is 5.51 Å². The minimum Gasteiger partial charge on any atom is -0.249 e. The first kappa shape index (κ1) is 12.7. The second-order valence-electron chi connectivity index (χ2n) is 4.25. The lowest BCUT2D eigenvalue weighted by Gasteiger charge is -2.13. The van der Waals surface area contributed by atoms with E-state index in [9.17, 15) is 0 Å². The van der Waals surface area contributed by atoms with Crippen molar-refractivity contribution in [3.8, 4) is 0 Å². The van der Waals surface area contributed by atoms with E-state index in [4.69, 9.17) is 0 Å². The first-order valence-corrected chi connectivity index (χ1v) is 7.20. The molecule has 1 aromatic heterocycles. The summed E-state index contributed by atoms with van der Waals surface area (Å²) in [4.78, 5) is 4.47. The van der Waals surface area contributed by atoms with Crippen LogP contribution in [0.5, 0.6) is 0 Å². The molecule has 86 valence electrons. The highest BCUT2D eigenvalue weighted by atomic mass is 32.1. The first-order valence-electron chi connectivity index (χ1n) is 6.26. The molecular formula is C13H23NS. The smallest absolute Gasteiger partial charge is 0.0794 e. The molecule has 0 spiro atoms. The Morgan fingerprint density at radius 1 is 1.13 bits per heavy atom. The summed E-state index contributed by atoms with van der Waals surface area (Å²) in [5.41, 5.74) is 3.30. The van der Waals surface area contributed by atoms with Crippen molar-refractivity contribution in [2.45, 2.75) is 64.7 Å². The van der Waals surface area contributed by atoms with Crippen LogP contribution in [-0.4, -0.2) is 4.98 Å². The van der Waals surface area contributed by atoms with Crippen molar-refractivity contribution in [3.05, 3.63) is 16.6 Å². The van der Waals surface area contributed by atoms with Gasteiger partial charge in [0.2, 0.25) is 0 Å². The van der Waals surface area contributed by atoms with Crippen LogP contribution in [0.25, 0.3) is 0 Å². The van der Waals surface area contributed by atoms with Crippen LogP contribution in [0.4, 0.5) is 0 Å². The predicted molar refractivity (Wildman–Crippen MR) is 68.5 cm³/mol. The van der Waals surface area contributed by atoms with Crippen LogP contribution in [0.15, 0.2) is 10.9 Å². The molecule has 0 amide bonds. The van der Waals surface area contributed by atoms with Gasteiger partial charge in [0.15, 0.2) is 0 Å². The van der Waals surface area contributed by atoms with Gasteiger partial charge in [-0.1, -0.05) is 46.0 Å². The molecular weight excluding hydrogens is 202 g/mol. The molecule has 1 unspecified atom stereocenters. The maximum Gasteiger partial charge on any atom is 0.0794 e. The number of thiazole rings is 1. The van der Waals surface area contributed by atoms with Gasteiger partial charge in [0.1, 0.15) is 0 Å². The van der Waals surface area contributed by atoms with Gasteiger partial charge in [-0.15, -0.1) is 11.3 Å². The molecule has 0 radical (unpaired) electrons. The van der Waals surface area contributed by atoms with Gasteiger partial charge in [-0.2, -0.15) is 0 Å². The summed E-state index contributed by atoms with van der Waals surface area (Å²) in [5.74, 6) is 0.725. The molecule has 1 heterocycles. The lowest BCUT2D eigenvalue weighted by molar-refractivity contribution is 0.507. The van der Waals surface area contributed by atoms with Gasteiger partial charge in [0, 0.05) is 11.3 Å². The molecule has 0 N–H and O–H groups in total. The molecule has 1 aromatic rings. The highest BCUT2D eigenvalue weighted by molar-refractivity contribution is 7.07. The van der Waals surface area contributed by atoms with E-state index in [1.165, 1.54) is 50.6 Å². The molecule has 1 rings (SSSR count). The minimum atomic E-state index is 0.725. The van der Waals surface area contributed by atoms with Crippen molar-refractivity contribution in [1.29, 1.82) is 0 Å². The SMILES string of the molecule is CCCCCC(CCCC)c1cscn1. The zero-order valence-electron chi connectivity index (χ0n) is 10.0. The molecule has 0 aliphatic carbocycles. The molecule has 0 aromatic carbocycles. The third-order valence-corrected chi connectivity index (χ3v) is 3.54. The number of hydrogen-bond acceptors (Lipinski definition) is 2.